The third-order valence-electron chi connectivity index (χ3n) is 4.80. The Morgan fingerprint density at radius 2 is 1.93 bits per heavy atom. The number of aryl methyl sites for hydroxylation is 2. The maximum atomic E-state index is 11.1. The van der Waals surface area contributed by atoms with Crippen molar-refractivity contribution in [3.8, 4) is 22.8 Å². The summed E-state index contributed by atoms with van der Waals surface area (Å²) < 4.78 is 13.0. The van der Waals surface area contributed by atoms with Crippen LogP contribution in [0.5, 0.6) is 11.5 Å². The number of primary amides is 1. The predicted octanol–water partition coefficient (Wildman–Crippen LogP) is 3.52. The molecule has 148 valence electrons. The number of nitrogens with zero attached hydrogens (tertiary/aromatic N) is 2. The van der Waals surface area contributed by atoms with Gasteiger partial charge in [0.05, 0.1) is 26.3 Å². The lowest BCUT2D eigenvalue weighted by Gasteiger charge is -2.12. The van der Waals surface area contributed by atoms with Gasteiger partial charge in [-0.2, -0.15) is 0 Å². The summed E-state index contributed by atoms with van der Waals surface area (Å²) in [6.45, 7) is 5.05. The van der Waals surface area contributed by atoms with Gasteiger partial charge in [0.25, 0.3) is 0 Å². The first kappa shape index (κ1) is 19.9. The van der Waals surface area contributed by atoms with E-state index in [2.05, 4.69) is 35.5 Å². The monoisotopic (exact) mass is 399 g/mol. The zero-order valence-electron chi connectivity index (χ0n) is 16.6. The van der Waals surface area contributed by atoms with E-state index < -0.39 is 0 Å². The molecule has 2 N–H and O–H groups in total. The zero-order chi connectivity index (χ0) is 20.3. The SMILES string of the molecule is COc1ccc(CCn2c(C)cc(-c3csc(CC(N)=O)n3)c2C)cc1OC. The Bertz CT molecular complexity index is 991. The number of rotatable bonds is 8. The molecule has 0 aliphatic heterocycles. The van der Waals surface area contributed by atoms with Crippen LogP contribution in [0.1, 0.15) is 22.0 Å². The van der Waals surface area contributed by atoms with Gasteiger partial charge in [0.2, 0.25) is 5.91 Å². The number of carbonyl (C=O) groups is 1. The van der Waals surface area contributed by atoms with Gasteiger partial charge in [0.15, 0.2) is 11.5 Å². The molecule has 1 aromatic carbocycles. The number of amides is 1. The van der Waals surface area contributed by atoms with E-state index in [0.717, 1.165) is 46.4 Å². The van der Waals surface area contributed by atoms with E-state index in [1.165, 1.54) is 22.6 Å². The summed E-state index contributed by atoms with van der Waals surface area (Å²) in [5, 5.41) is 2.73. The van der Waals surface area contributed by atoms with Crippen molar-refractivity contribution in [3.63, 3.8) is 0 Å². The minimum Gasteiger partial charge on any atom is -0.493 e. The quantitative estimate of drug-likeness (QED) is 0.629. The highest BCUT2D eigenvalue weighted by Gasteiger charge is 2.15. The molecule has 28 heavy (non-hydrogen) atoms. The van der Waals surface area contributed by atoms with Gasteiger partial charge in [-0.15, -0.1) is 11.3 Å². The van der Waals surface area contributed by atoms with Gasteiger partial charge in [0.1, 0.15) is 5.01 Å². The lowest BCUT2D eigenvalue weighted by Crippen LogP contribution is -2.13. The topological polar surface area (TPSA) is 79.4 Å². The van der Waals surface area contributed by atoms with E-state index in [4.69, 9.17) is 15.2 Å². The summed E-state index contributed by atoms with van der Waals surface area (Å²) in [7, 11) is 3.29. The van der Waals surface area contributed by atoms with Crippen LogP contribution < -0.4 is 15.2 Å². The molecule has 0 saturated heterocycles. The van der Waals surface area contributed by atoms with Crippen LogP contribution in [0, 0.1) is 13.8 Å². The van der Waals surface area contributed by atoms with Crippen molar-refractivity contribution >= 4 is 17.2 Å². The van der Waals surface area contributed by atoms with Crippen LogP contribution in [0.2, 0.25) is 0 Å². The minimum absolute atomic E-state index is 0.183. The number of hydrogen-bond acceptors (Lipinski definition) is 5. The van der Waals surface area contributed by atoms with Gasteiger partial charge >= 0.3 is 0 Å². The summed E-state index contributed by atoms with van der Waals surface area (Å²) in [6, 6.07) is 8.16. The first-order chi connectivity index (χ1) is 13.4. The number of benzene rings is 1. The average molecular weight is 400 g/mol. The van der Waals surface area contributed by atoms with Crippen molar-refractivity contribution in [1.82, 2.24) is 9.55 Å². The lowest BCUT2D eigenvalue weighted by atomic mass is 10.1. The highest BCUT2D eigenvalue weighted by atomic mass is 32.1. The van der Waals surface area contributed by atoms with Gasteiger partial charge in [0, 0.05) is 28.9 Å². The molecule has 6 nitrogen and oxygen atoms in total. The Morgan fingerprint density at radius 3 is 2.61 bits per heavy atom. The fourth-order valence-corrected chi connectivity index (χ4v) is 4.15. The Hall–Kier alpha value is -2.80. The van der Waals surface area contributed by atoms with E-state index in [1.54, 1.807) is 14.2 Å². The minimum atomic E-state index is -0.360. The van der Waals surface area contributed by atoms with E-state index in [-0.39, 0.29) is 12.3 Å². The fourth-order valence-electron chi connectivity index (χ4n) is 3.35. The Balaban J connectivity index is 1.79. The van der Waals surface area contributed by atoms with Crippen molar-refractivity contribution < 1.29 is 14.3 Å². The molecule has 0 bridgehead atoms. The van der Waals surface area contributed by atoms with Crippen LogP contribution in [0.4, 0.5) is 0 Å². The van der Waals surface area contributed by atoms with Crippen molar-refractivity contribution in [2.24, 2.45) is 5.73 Å². The average Bonchev–Trinajstić information content (AvgIpc) is 3.23. The highest BCUT2D eigenvalue weighted by molar-refractivity contribution is 7.10. The van der Waals surface area contributed by atoms with E-state index in [1.807, 2.05) is 17.5 Å². The molecular formula is C21H25N3O3S. The number of carbonyl (C=O) groups excluding carboxylic acids is 1. The summed E-state index contributed by atoms with van der Waals surface area (Å²) in [5.74, 6) is 1.12. The normalized spacial score (nSPS) is 10.9. The number of hydrogen-bond donors (Lipinski definition) is 1. The van der Waals surface area contributed by atoms with Crippen LogP contribution in [0.25, 0.3) is 11.3 Å². The predicted molar refractivity (Wildman–Crippen MR) is 111 cm³/mol. The standard InChI is InChI=1S/C21H25N3O3S/c1-13-9-16(17-12-28-21(23-17)11-20(22)25)14(2)24(13)8-7-15-5-6-18(26-3)19(10-15)27-4/h5-6,9-10,12H,7-8,11H2,1-4H3,(H2,22,25). The first-order valence-electron chi connectivity index (χ1n) is 9.03. The fraction of sp³-hybridized carbons (Fsp3) is 0.333. The van der Waals surface area contributed by atoms with Gasteiger partial charge in [-0.05, 0) is 44.0 Å². The maximum absolute atomic E-state index is 11.1. The molecule has 0 saturated carbocycles. The van der Waals surface area contributed by atoms with E-state index in [9.17, 15) is 4.79 Å². The summed E-state index contributed by atoms with van der Waals surface area (Å²) >= 11 is 1.47. The third kappa shape index (κ3) is 4.20. The highest BCUT2D eigenvalue weighted by Crippen LogP contribution is 2.30. The van der Waals surface area contributed by atoms with E-state index in [0.29, 0.717) is 0 Å². The Kier molecular flexibility index (Phi) is 6.04. The van der Waals surface area contributed by atoms with Crippen LogP contribution in [0.15, 0.2) is 29.6 Å². The summed E-state index contributed by atoms with van der Waals surface area (Å²) in [5.41, 5.74) is 10.8. The smallest absolute Gasteiger partial charge is 0.224 e. The molecule has 0 radical (unpaired) electrons. The Labute approximate surface area is 168 Å². The van der Waals surface area contributed by atoms with Crippen molar-refractivity contribution in [2.75, 3.05) is 14.2 Å². The number of thiazole rings is 1. The van der Waals surface area contributed by atoms with Crippen LogP contribution in [-0.4, -0.2) is 29.7 Å². The molecule has 0 aliphatic rings. The van der Waals surface area contributed by atoms with Crippen LogP contribution in [0.3, 0.4) is 0 Å². The maximum Gasteiger partial charge on any atom is 0.224 e. The van der Waals surface area contributed by atoms with Crippen LogP contribution >= 0.6 is 11.3 Å². The molecule has 0 fully saturated rings. The molecule has 0 atom stereocenters. The third-order valence-corrected chi connectivity index (χ3v) is 5.65. The Morgan fingerprint density at radius 1 is 1.18 bits per heavy atom. The molecular weight excluding hydrogens is 374 g/mol. The first-order valence-corrected chi connectivity index (χ1v) is 9.91. The number of ether oxygens (including phenoxy) is 2. The summed E-state index contributed by atoms with van der Waals surface area (Å²) in [4.78, 5) is 15.7. The van der Waals surface area contributed by atoms with Gasteiger partial charge < -0.3 is 19.8 Å². The second kappa shape index (κ2) is 8.48. The molecule has 1 amide bonds. The second-order valence-corrected chi connectivity index (χ2v) is 7.59. The van der Waals surface area contributed by atoms with Crippen molar-refractivity contribution in [2.45, 2.75) is 33.2 Å². The summed E-state index contributed by atoms with van der Waals surface area (Å²) in [6.07, 6.45) is 1.06. The number of aromatic nitrogens is 2. The van der Waals surface area contributed by atoms with Gasteiger partial charge in [-0.25, -0.2) is 4.98 Å². The largest absolute Gasteiger partial charge is 0.493 e. The van der Waals surface area contributed by atoms with Gasteiger partial charge in [-0.3, -0.25) is 4.79 Å². The molecule has 2 heterocycles. The van der Waals surface area contributed by atoms with Crippen molar-refractivity contribution in [1.29, 1.82) is 0 Å². The molecule has 0 unspecified atom stereocenters. The number of nitrogens with two attached hydrogens (primary N) is 1. The van der Waals surface area contributed by atoms with Crippen molar-refractivity contribution in [3.05, 3.63) is 51.6 Å². The van der Waals surface area contributed by atoms with E-state index >= 15 is 0 Å². The molecule has 7 heteroatoms. The number of methoxy groups -OCH3 is 2. The van der Waals surface area contributed by atoms with Crippen LogP contribution in [-0.2, 0) is 24.2 Å². The molecule has 0 aliphatic carbocycles. The van der Waals surface area contributed by atoms with Gasteiger partial charge in [-0.1, -0.05) is 6.07 Å². The molecule has 2 aromatic heterocycles. The zero-order valence-corrected chi connectivity index (χ0v) is 17.4. The molecule has 3 aromatic rings. The second-order valence-electron chi connectivity index (χ2n) is 6.65. The molecule has 0 spiro atoms. The lowest BCUT2D eigenvalue weighted by molar-refractivity contribution is -0.117. The molecule has 3 rings (SSSR count).